The summed E-state index contributed by atoms with van der Waals surface area (Å²) in [6, 6.07) is 0. The summed E-state index contributed by atoms with van der Waals surface area (Å²) >= 11 is 3.20. The fraction of sp³-hybridized carbons (Fsp3) is 0.200. The van der Waals surface area contributed by atoms with Crippen molar-refractivity contribution in [3.8, 4) is 0 Å². The first kappa shape index (κ1) is 21.2. The average molecular weight is 376 g/mol. The Balaban J connectivity index is 5.13. The molecule has 2 N–H and O–H groups in total. The second-order valence-corrected chi connectivity index (χ2v) is 5.29. The van der Waals surface area contributed by atoms with Crippen molar-refractivity contribution < 1.29 is 5.11 Å². The lowest BCUT2D eigenvalue weighted by Gasteiger charge is -2.18. The molecule has 0 spiro atoms. The van der Waals surface area contributed by atoms with Crippen LogP contribution in [0.3, 0.4) is 0 Å². The molecule has 0 heterocycles. The number of aliphatic hydroxyl groups excluding tert-OH is 1. The van der Waals surface area contributed by atoms with Crippen LogP contribution in [0.1, 0.15) is 20.3 Å². The van der Waals surface area contributed by atoms with Gasteiger partial charge in [-0.05, 0) is 24.9 Å². The van der Waals surface area contributed by atoms with Gasteiger partial charge in [0.15, 0.2) is 6.23 Å². The van der Waals surface area contributed by atoms with Gasteiger partial charge in [0.25, 0.3) is 0 Å². The molecule has 0 aromatic carbocycles. The third kappa shape index (κ3) is 10.5. The molecule has 0 rings (SSSR count). The number of hydrogen-bond acceptors (Lipinski definition) is 2. The highest BCUT2D eigenvalue weighted by molar-refractivity contribution is 9.11. The normalized spacial score (nSPS) is 15.6. The molecule has 0 aliphatic heterocycles. The number of allylic oxidation sites excluding steroid dienone is 10. The minimum Gasteiger partial charge on any atom is -0.369 e. The van der Waals surface area contributed by atoms with Crippen molar-refractivity contribution in [3.63, 3.8) is 0 Å². The average Bonchev–Trinajstić information content (AvgIpc) is 2.53. The first-order chi connectivity index (χ1) is 11.1. The van der Waals surface area contributed by atoms with Gasteiger partial charge in [-0.1, -0.05) is 89.3 Å². The summed E-state index contributed by atoms with van der Waals surface area (Å²) < 4.78 is 0. The molecule has 0 aromatic rings. The Morgan fingerprint density at radius 1 is 1.13 bits per heavy atom. The van der Waals surface area contributed by atoms with E-state index < -0.39 is 6.23 Å². The van der Waals surface area contributed by atoms with E-state index in [0.29, 0.717) is 12.0 Å². The molecular formula is C20H26BrNO. The molecule has 0 saturated carbocycles. The summed E-state index contributed by atoms with van der Waals surface area (Å²) in [5.74, 6) is 0. The van der Waals surface area contributed by atoms with Gasteiger partial charge >= 0.3 is 0 Å². The van der Waals surface area contributed by atoms with Crippen LogP contribution < -0.4 is 5.32 Å². The van der Waals surface area contributed by atoms with Gasteiger partial charge in [0, 0.05) is 17.7 Å². The molecule has 0 bridgehead atoms. The van der Waals surface area contributed by atoms with Crippen LogP contribution in [0.25, 0.3) is 0 Å². The molecule has 124 valence electrons. The Labute approximate surface area is 148 Å². The summed E-state index contributed by atoms with van der Waals surface area (Å²) in [6.07, 6.45) is 18.6. The topological polar surface area (TPSA) is 32.3 Å². The van der Waals surface area contributed by atoms with E-state index >= 15 is 0 Å². The number of aliphatic hydroxyl groups is 1. The fourth-order valence-electron chi connectivity index (χ4n) is 1.71. The van der Waals surface area contributed by atoms with Crippen LogP contribution in [0.15, 0.2) is 95.7 Å². The number of halogens is 1. The number of hydrogen-bond donors (Lipinski definition) is 2. The predicted molar refractivity (Wildman–Crippen MR) is 106 cm³/mol. The first-order valence-corrected chi connectivity index (χ1v) is 8.31. The van der Waals surface area contributed by atoms with Crippen LogP contribution in [0.2, 0.25) is 0 Å². The van der Waals surface area contributed by atoms with Crippen molar-refractivity contribution in [1.29, 1.82) is 0 Å². The highest BCUT2D eigenvalue weighted by atomic mass is 79.9. The van der Waals surface area contributed by atoms with Crippen molar-refractivity contribution in [2.45, 2.75) is 26.5 Å². The lowest BCUT2D eigenvalue weighted by molar-refractivity contribution is 0.188. The maximum Gasteiger partial charge on any atom is 0.150 e. The zero-order valence-corrected chi connectivity index (χ0v) is 15.5. The van der Waals surface area contributed by atoms with Crippen molar-refractivity contribution >= 4 is 15.9 Å². The molecule has 0 radical (unpaired) electrons. The Kier molecular flexibility index (Phi) is 12.7. The van der Waals surface area contributed by atoms with Crippen LogP contribution in [0, 0.1) is 0 Å². The highest BCUT2D eigenvalue weighted by Crippen LogP contribution is 2.12. The monoisotopic (exact) mass is 375 g/mol. The first-order valence-electron chi connectivity index (χ1n) is 7.39. The van der Waals surface area contributed by atoms with Crippen molar-refractivity contribution in [2.24, 2.45) is 0 Å². The second-order valence-electron chi connectivity index (χ2n) is 4.76. The fourth-order valence-corrected chi connectivity index (χ4v) is 1.86. The van der Waals surface area contributed by atoms with E-state index in [2.05, 4.69) is 34.4 Å². The summed E-state index contributed by atoms with van der Waals surface area (Å²) in [5, 5.41) is 13.4. The Bertz CT molecular complexity index is 548. The Morgan fingerprint density at radius 3 is 2.43 bits per heavy atom. The van der Waals surface area contributed by atoms with Gasteiger partial charge < -0.3 is 10.4 Å². The molecule has 2 nitrogen and oxygen atoms in total. The lowest BCUT2D eigenvalue weighted by atomic mass is 10.1. The summed E-state index contributed by atoms with van der Waals surface area (Å²) in [7, 11) is 0. The third-order valence-corrected chi connectivity index (χ3v) is 3.13. The van der Waals surface area contributed by atoms with Gasteiger partial charge in [-0.3, -0.25) is 0 Å². The summed E-state index contributed by atoms with van der Waals surface area (Å²) in [5.41, 5.74) is 2.79. The molecule has 0 saturated heterocycles. The van der Waals surface area contributed by atoms with Crippen molar-refractivity contribution in [3.05, 3.63) is 95.7 Å². The molecule has 0 aromatic heterocycles. The van der Waals surface area contributed by atoms with E-state index in [9.17, 15) is 5.11 Å². The standard InChI is InChI=1S/C20H26BrNO/c1-5-8-10-12-17(4)16-19(14-9-6-2)22-20(23)18(7-3)13-11-15-21/h5-15,20,22-23H,1,3,16H2,2,4H3/b9-6-,10-8-,15-11+,17-12-,18-13+,19-14+. The van der Waals surface area contributed by atoms with Crippen molar-refractivity contribution in [1.82, 2.24) is 5.32 Å². The van der Waals surface area contributed by atoms with Crippen LogP contribution in [-0.2, 0) is 0 Å². The number of nitrogens with one attached hydrogen (secondary N) is 1. The van der Waals surface area contributed by atoms with E-state index in [4.69, 9.17) is 0 Å². The van der Waals surface area contributed by atoms with Gasteiger partial charge in [0.1, 0.15) is 0 Å². The molecule has 0 amide bonds. The molecular weight excluding hydrogens is 350 g/mol. The maximum atomic E-state index is 10.3. The van der Waals surface area contributed by atoms with Crippen LogP contribution in [0.4, 0.5) is 0 Å². The third-order valence-electron chi connectivity index (χ3n) is 2.82. The zero-order valence-electron chi connectivity index (χ0n) is 13.9. The van der Waals surface area contributed by atoms with Crippen LogP contribution in [-0.4, -0.2) is 11.3 Å². The van der Waals surface area contributed by atoms with Crippen LogP contribution in [0.5, 0.6) is 0 Å². The van der Waals surface area contributed by atoms with Gasteiger partial charge in [0.05, 0.1) is 0 Å². The molecule has 23 heavy (non-hydrogen) atoms. The Hall–Kier alpha value is -1.84. The van der Waals surface area contributed by atoms with Gasteiger partial charge in [-0.2, -0.15) is 0 Å². The molecule has 3 heteroatoms. The van der Waals surface area contributed by atoms with Crippen molar-refractivity contribution in [2.75, 3.05) is 0 Å². The van der Waals surface area contributed by atoms with Gasteiger partial charge in [-0.15, -0.1) is 0 Å². The van der Waals surface area contributed by atoms with Gasteiger partial charge in [0.2, 0.25) is 0 Å². The smallest absolute Gasteiger partial charge is 0.150 e. The molecule has 1 unspecified atom stereocenters. The van der Waals surface area contributed by atoms with E-state index in [1.807, 2.05) is 50.3 Å². The molecule has 0 fully saturated rings. The van der Waals surface area contributed by atoms with E-state index in [1.165, 1.54) is 5.57 Å². The summed E-state index contributed by atoms with van der Waals surface area (Å²) in [4.78, 5) is 1.72. The second kappa shape index (κ2) is 13.8. The Morgan fingerprint density at radius 2 is 1.87 bits per heavy atom. The molecule has 0 aliphatic carbocycles. The van der Waals surface area contributed by atoms with E-state index in [1.54, 1.807) is 29.3 Å². The van der Waals surface area contributed by atoms with E-state index in [-0.39, 0.29) is 0 Å². The SMILES string of the molecule is C=C/C=C\C=C(\C)C/C(=C\C=C/C)NC(O)/C(C=C)=C/C=C/Br. The predicted octanol–water partition coefficient (Wildman–Crippen LogP) is 5.45. The van der Waals surface area contributed by atoms with E-state index in [0.717, 1.165) is 5.70 Å². The molecule has 1 atom stereocenters. The largest absolute Gasteiger partial charge is 0.369 e. The lowest BCUT2D eigenvalue weighted by Crippen LogP contribution is -2.29. The minimum absolute atomic E-state index is 0.695. The highest BCUT2D eigenvalue weighted by Gasteiger charge is 2.08. The maximum absolute atomic E-state index is 10.3. The molecule has 0 aliphatic rings. The van der Waals surface area contributed by atoms with Gasteiger partial charge in [-0.25, -0.2) is 0 Å². The number of rotatable bonds is 10. The van der Waals surface area contributed by atoms with Crippen LogP contribution >= 0.6 is 15.9 Å². The minimum atomic E-state index is -0.816. The quantitative estimate of drug-likeness (QED) is 0.392. The summed E-state index contributed by atoms with van der Waals surface area (Å²) in [6.45, 7) is 11.4. The zero-order chi connectivity index (χ0) is 17.5.